The van der Waals surface area contributed by atoms with E-state index in [-0.39, 0.29) is 0 Å². The number of benzene rings is 2. The highest BCUT2D eigenvalue weighted by Gasteiger charge is 1.98. The Balaban J connectivity index is 1.94. The van der Waals surface area contributed by atoms with Gasteiger partial charge in [-0.2, -0.15) is 0 Å². The first kappa shape index (κ1) is 13.6. The molecule has 2 aromatic rings. The van der Waals surface area contributed by atoms with Crippen LogP contribution in [0.3, 0.4) is 0 Å². The molecule has 0 fully saturated rings. The monoisotopic (exact) mass is 255 g/mol. The maximum atomic E-state index is 5.82. The van der Waals surface area contributed by atoms with Crippen molar-refractivity contribution in [1.82, 2.24) is 5.32 Å². The molecule has 2 aromatic carbocycles. The summed E-state index contributed by atoms with van der Waals surface area (Å²) < 4.78 is 5.82. The molecular formula is C17H21NO. The zero-order valence-corrected chi connectivity index (χ0v) is 11.6. The van der Waals surface area contributed by atoms with Gasteiger partial charge in [0.2, 0.25) is 0 Å². The molecule has 0 amide bonds. The molecule has 2 heteroatoms. The van der Waals surface area contributed by atoms with E-state index in [0.29, 0.717) is 6.61 Å². The van der Waals surface area contributed by atoms with Crippen LogP contribution < -0.4 is 10.1 Å². The number of nitrogens with one attached hydrogen (secondary N) is 1. The normalized spacial score (nSPS) is 10.4. The minimum absolute atomic E-state index is 0.618. The zero-order valence-electron chi connectivity index (χ0n) is 11.6. The van der Waals surface area contributed by atoms with E-state index in [9.17, 15) is 0 Å². The molecule has 100 valence electrons. The Labute approximate surface area is 115 Å². The van der Waals surface area contributed by atoms with Crippen molar-refractivity contribution in [3.05, 3.63) is 65.2 Å². The number of ether oxygens (including phenoxy) is 1. The number of hydrogen-bond acceptors (Lipinski definition) is 2. The van der Waals surface area contributed by atoms with Crippen LogP contribution in [0.5, 0.6) is 5.75 Å². The van der Waals surface area contributed by atoms with Gasteiger partial charge >= 0.3 is 0 Å². The van der Waals surface area contributed by atoms with E-state index in [4.69, 9.17) is 4.74 Å². The lowest BCUT2D eigenvalue weighted by Gasteiger charge is -2.08. The van der Waals surface area contributed by atoms with Gasteiger partial charge in [0.1, 0.15) is 12.4 Å². The Morgan fingerprint density at radius 3 is 2.37 bits per heavy atom. The zero-order chi connectivity index (χ0) is 13.5. The molecule has 0 aromatic heterocycles. The topological polar surface area (TPSA) is 21.3 Å². The maximum absolute atomic E-state index is 5.82. The van der Waals surface area contributed by atoms with Crippen LogP contribution in [0.4, 0.5) is 0 Å². The van der Waals surface area contributed by atoms with Crippen LogP contribution in [0.1, 0.15) is 23.6 Å². The van der Waals surface area contributed by atoms with Crippen molar-refractivity contribution in [1.29, 1.82) is 0 Å². The summed E-state index contributed by atoms with van der Waals surface area (Å²) in [6, 6.07) is 16.8. The fourth-order valence-corrected chi connectivity index (χ4v) is 1.98. The summed E-state index contributed by atoms with van der Waals surface area (Å²) in [5, 5.41) is 3.14. The summed E-state index contributed by atoms with van der Waals surface area (Å²) in [7, 11) is 1.96. The van der Waals surface area contributed by atoms with E-state index >= 15 is 0 Å². The summed E-state index contributed by atoms with van der Waals surface area (Å²) in [6.45, 7) is 3.67. The molecule has 0 aliphatic carbocycles. The van der Waals surface area contributed by atoms with E-state index in [1.165, 1.54) is 16.7 Å². The molecule has 0 saturated heterocycles. The fourth-order valence-electron chi connectivity index (χ4n) is 1.98. The molecule has 0 bridgehead atoms. The summed E-state index contributed by atoms with van der Waals surface area (Å²) in [5.41, 5.74) is 3.79. The quantitative estimate of drug-likeness (QED) is 0.852. The Morgan fingerprint density at radius 1 is 0.947 bits per heavy atom. The van der Waals surface area contributed by atoms with Gasteiger partial charge in [0, 0.05) is 6.54 Å². The smallest absolute Gasteiger partial charge is 0.120 e. The Hall–Kier alpha value is -1.80. The van der Waals surface area contributed by atoms with E-state index < -0.39 is 0 Å². The molecule has 2 nitrogen and oxygen atoms in total. The lowest BCUT2D eigenvalue weighted by molar-refractivity contribution is 0.306. The average Bonchev–Trinajstić information content (AvgIpc) is 2.47. The summed E-state index contributed by atoms with van der Waals surface area (Å²) in [4.78, 5) is 0. The van der Waals surface area contributed by atoms with Crippen molar-refractivity contribution in [2.75, 3.05) is 7.05 Å². The number of aryl methyl sites for hydroxylation is 1. The van der Waals surface area contributed by atoms with E-state index in [1.807, 2.05) is 19.2 Å². The van der Waals surface area contributed by atoms with Crippen molar-refractivity contribution in [3.8, 4) is 5.75 Å². The SMILES string of the molecule is CCc1cccc(OCc2ccc(CNC)cc2)c1. The summed E-state index contributed by atoms with van der Waals surface area (Å²) >= 11 is 0. The molecule has 0 unspecified atom stereocenters. The summed E-state index contributed by atoms with van der Waals surface area (Å²) in [5.74, 6) is 0.943. The third-order valence-corrected chi connectivity index (χ3v) is 3.12. The Morgan fingerprint density at radius 2 is 1.68 bits per heavy atom. The van der Waals surface area contributed by atoms with Gasteiger partial charge in [-0.15, -0.1) is 0 Å². The van der Waals surface area contributed by atoms with Crippen LogP contribution >= 0.6 is 0 Å². The van der Waals surface area contributed by atoms with Crippen molar-refractivity contribution < 1.29 is 4.74 Å². The largest absolute Gasteiger partial charge is 0.489 e. The second kappa shape index (κ2) is 6.95. The van der Waals surface area contributed by atoms with Gasteiger partial charge < -0.3 is 10.1 Å². The van der Waals surface area contributed by atoms with Crippen molar-refractivity contribution >= 4 is 0 Å². The van der Waals surface area contributed by atoms with Gasteiger partial charge in [-0.3, -0.25) is 0 Å². The molecule has 0 spiro atoms. The molecule has 0 heterocycles. The second-order valence-electron chi connectivity index (χ2n) is 4.64. The molecular weight excluding hydrogens is 234 g/mol. The maximum Gasteiger partial charge on any atom is 0.120 e. The van der Waals surface area contributed by atoms with Gasteiger partial charge in [-0.25, -0.2) is 0 Å². The molecule has 0 aliphatic rings. The van der Waals surface area contributed by atoms with E-state index in [2.05, 4.69) is 48.6 Å². The van der Waals surface area contributed by atoms with Crippen LogP contribution in [0, 0.1) is 0 Å². The predicted octanol–water partition coefficient (Wildman–Crippen LogP) is 3.55. The van der Waals surface area contributed by atoms with Gasteiger partial charge in [0.15, 0.2) is 0 Å². The van der Waals surface area contributed by atoms with Crippen molar-refractivity contribution in [2.24, 2.45) is 0 Å². The minimum atomic E-state index is 0.618. The van der Waals surface area contributed by atoms with Crippen LogP contribution in [0.2, 0.25) is 0 Å². The van der Waals surface area contributed by atoms with E-state index in [1.54, 1.807) is 0 Å². The number of rotatable bonds is 6. The first-order chi connectivity index (χ1) is 9.31. The van der Waals surface area contributed by atoms with Gasteiger partial charge in [0.05, 0.1) is 0 Å². The van der Waals surface area contributed by atoms with Gasteiger partial charge in [-0.1, -0.05) is 43.3 Å². The van der Waals surface area contributed by atoms with Gasteiger partial charge in [-0.05, 0) is 42.3 Å². The molecule has 2 rings (SSSR count). The Kier molecular flexibility index (Phi) is 4.99. The standard InChI is InChI=1S/C17H21NO/c1-3-14-5-4-6-17(11-14)19-13-16-9-7-15(8-10-16)12-18-2/h4-11,18H,3,12-13H2,1-2H3. The highest BCUT2D eigenvalue weighted by molar-refractivity contribution is 5.29. The molecule has 0 radical (unpaired) electrons. The number of hydrogen-bond donors (Lipinski definition) is 1. The first-order valence-electron chi connectivity index (χ1n) is 6.76. The predicted molar refractivity (Wildman–Crippen MR) is 79.4 cm³/mol. The third kappa shape index (κ3) is 4.11. The van der Waals surface area contributed by atoms with Gasteiger partial charge in [0.25, 0.3) is 0 Å². The lowest BCUT2D eigenvalue weighted by atomic mass is 10.1. The van der Waals surface area contributed by atoms with Crippen LogP contribution in [0.25, 0.3) is 0 Å². The molecule has 0 aliphatic heterocycles. The Bertz CT molecular complexity index is 505. The highest BCUT2D eigenvalue weighted by Crippen LogP contribution is 2.15. The van der Waals surface area contributed by atoms with Crippen molar-refractivity contribution in [3.63, 3.8) is 0 Å². The molecule has 0 atom stereocenters. The lowest BCUT2D eigenvalue weighted by Crippen LogP contribution is -2.05. The highest BCUT2D eigenvalue weighted by atomic mass is 16.5. The minimum Gasteiger partial charge on any atom is -0.489 e. The van der Waals surface area contributed by atoms with Crippen LogP contribution in [-0.4, -0.2) is 7.05 Å². The molecule has 19 heavy (non-hydrogen) atoms. The third-order valence-electron chi connectivity index (χ3n) is 3.12. The summed E-state index contributed by atoms with van der Waals surface area (Å²) in [6.07, 6.45) is 1.04. The van der Waals surface area contributed by atoms with Crippen molar-refractivity contribution in [2.45, 2.75) is 26.5 Å². The molecule has 1 N–H and O–H groups in total. The fraction of sp³-hybridized carbons (Fsp3) is 0.294. The van der Waals surface area contributed by atoms with Crippen LogP contribution in [-0.2, 0) is 19.6 Å². The molecule has 0 saturated carbocycles. The first-order valence-corrected chi connectivity index (χ1v) is 6.76. The van der Waals surface area contributed by atoms with Crippen LogP contribution in [0.15, 0.2) is 48.5 Å². The average molecular weight is 255 g/mol. The second-order valence-corrected chi connectivity index (χ2v) is 4.64. The van der Waals surface area contributed by atoms with E-state index in [0.717, 1.165) is 18.7 Å².